The molecule has 1 aromatic carbocycles. The van der Waals surface area contributed by atoms with Crippen LogP contribution >= 0.6 is 11.6 Å². The van der Waals surface area contributed by atoms with Crippen molar-refractivity contribution in [3.05, 3.63) is 59.3 Å². The summed E-state index contributed by atoms with van der Waals surface area (Å²) in [6.45, 7) is 1.89. The van der Waals surface area contributed by atoms with Crippen molar-refractivity contribution >= 4 is 34.9 Å². The third kappa shape index (κ3) is 6.30. The Hall–Kier alpha value is -3.83. The molecule has 12 heteroatoms. The van der Waals surface area contributed by atoms with E-state index in [9.17, 15) is 14.0 Å². The van der Waals surface area contributed by atoms with E-state index in [4.69, 9.17) is 22.1 Å². The van der Waals surface area contributed by atoms with Crippen LogP contribution in [-0.2, 0) is 4.79 Å². The summed E-state index contributed by atoms with van der Waals surface area (Å²) in [7, 11) is 1.45. The van der Waals surface area contributed by atoms with Gasteiger partial charge < -0.3 is 21.1 Å². The number of methoxy groups -OCH3 is 1. The Balaban J connectivity index is 1.46. The fourth-order valence-corrected chi connectivity index (χ4v) is 4.39. The van der Waals surface area contributed by atoms with Crippen molar-refractivity contribution in [3.8, 4) is 17.1 Å². The summed E-state index contributed by atoms with van der Waals surface area (Å²) in [4.78, 5) is 39.2. The van der Waals surface area contributed by atoms with Gasteiger partial charge in [0.1, 0.15) is 5.82 Å². The average molecular weight is 528 g/mol. The minimum Gasteiger partial charge on any atom is -0.491 e. The maximum atomic E-state index is 14.4. The number of aromatic nitrogens is 3. The first-order valence-electron chi connectivity index (χ1n) is 11.8. The minimum absolute atomic E-state index is 0.0968. The fourth-order valence-electron chi connectivity index (χ4n) is 4.22. The second-order valence-corrected chi connectivity index (χ2v) is 8.92. The first kappa shape index (κ1) is 26.2. The van der Waals surface area contributed by atoms with Crippen LogP contribution in [0.2, 0.25) is 5.02 Å². The van der Waals surface area contributed by atoms with Crippen LogP contribution < -0.4 is 21.1 Å². The molecule has 0 aliphatic carbocycles. The number of carbonyl (C=O) groups excluding carboxylic acids is 2. The number of likely N-dealkylation sites (tertiary alicyclic amines) is 1. The number of carbonyl (C=O) groups is 2. The molecule has 10 nitrogen and oxygen atoms in total. The SMILES string of the molecule is COc1cnc(-c2cc(Cl)ccc2F)nc1Nc1ccncc1C(=O)NCCCN1CCCC1C(N)=O. The van der Waals surface area contributed by atoms with Crippen molar-refractivity contribution in [2.45, 2.75) is 25.3 Å². The number of ether oxygens (including phenoxy) is 1. The van der Waals surface area contributed by atoms with Crippen LogP contribution in [0.15, 0.2) is 42.9 Å². The third-order valence-electron chi connectivity index (χ3n) is 6.06. The number of benzene rings is 1. The van der Waals surface area contributed by atoms with E-state index < -0.39 is 5.82 Å². The smallest absolute Gasteiger partial charge is 0.254 e. The Bertz CT molecular complexity index is 1290. The molecule has 3 aromatic rings. The standard InChI is InChI=1S/C25H27ClFN7O3/c1-37-21-14-31-23(16-12-15(26)5-6-18(16)27)33-24(21)32-19-7-9-29-13-17(19)25(36)30-8-3-11-34-10-2-4-20(34)22(28)35/h5-7,9,12-14,20H,2-4,8,10-11H2,1H3,(H2,28,35)(H,30,36)(H,29,31,32,33). The van der Waals surface area contributed by atoms with Gasteiger partial charge in [0.05, 0.1) is 36.2 Å². The molecule has 4 N–H and O–H groups in total. The predicted octanol–water partition coefficient (Wildman–Crippen LogP) is 3.15. The van der Waals surface area contributed by atoms with Gasteiger partial charge in [-0.1, -0.05) is 11.6 Å². The number of nitrogens with one attached hydrogen (secondary N) is 2. The van der Waals surface area contributed by atoms with Crippen molar-refractivity contribution in [2.24, 2.45) is 5.73 Å². The molecule has 1 atom stereocenters. The van der Waals surface area contributed by atoms with Crippen molar-refractivity contribution < 1.29 is 18.7 Å². The molecular weight excluding hydrogens is 501 g/mol. The second kappa shape index (κ2) is 11.9. The van der Waals surface area contributed by atoms with Gasteiger partial charge in [-0.3, -0.25) is 19.5 Å². The van der Waals surface area contributed by atoms with Gasteiger partial charge in [0.15, 0.2) is 17.4 Å². The molecule has 1 saturated heterocycles. The van der Waals surface area contributed by atoms with Crippen LogP contribution in [0.3, 0.4) is 0 Å². The topological polar surface area (TPSA) is 135 Å². The van der Waals surface area contributed by atoms with Crippen molar-refractivity contribution in [2.75, 3.05) is 32.1 Å². The molecular formula is C25H27ClFN7O3. The number of rotatable bonds is 10. The summed E-state index contributed by atoms with van der Waals surface area (Å²) in [6.07, 6.45) is 6.73. The van der Waals surface area contributed by atoms with E-state index in [1.54, 1.807) is 6.07 Å². The molecule has 0 bridgehead atoms. The molecule has 194 valence electrons. The summed E-state index contributed by atoms with van der Waals surface area (Å²) in [5.41, 5.74) is 6.31. The highest BCUT2D eigenvalue weighted by atomic mass is 35.5. The van der Waals surface area contributed by atoms with E-state index in [0.717, 1.165) is 19.4 Å². The van der Waals surface area contributed by atoms with E-state index in [0.29, 0.717) is 36.0 Å². The van der Waals surface area contributed by atoms with Crippen LogP contribution in [0.25, 0.3) is 11.4 Å². The van der Waals surface area contributed by atoms with Crippen LogP contribution in [0.5, 0.6) is 5.75 Å². The first-order chi connectivity index (χ1) is 17.9. The number of hydrogen-bond acceptors (Lipinski definition) is 8. The summed E-state index contributed by atoms with van der Waals surface area (Å²) in [6, 6.07) is 5.49. The number of anilines is 2. The number of pyridine rings is 1. The maximum Gasteiger partial charge on any atom is 0.254 e. The van der Waals surface area contributed by atoms with Gasteiger partial charge in [0.2, 0.25) is 5.91 Å². The van der Waals surface area contributed by atoms with Crippen LogP contribution in [0.4, 0.5) is 15.9 Å². The molecule has 2 amide bonds. The zero-order valence-corrected chi connectivity index (χ0v) is 21.0. The Labute approximate surface area is 218 Å². The molecule has 1 aliphatic heterocycles. The van der Waals surface area contributed by atoms with Gasteiger partial charge in [-0.05, 0) is 50.1 Å². The largest absolute Gasteiger partial charge is 0.491 e. The van der Waals surface area contributed by atoms with Crippen LogP contribution in [-0.4, -0.2) is 64.5 Å². The normalized spacial score (nSPS) is 15.4. The van der Waals surface area contributed by atoms with Crippen molar-refractivity contribution in [1.29, 1.82) is 0 Å². The summed E-state index contributed by atoms with van der Waals surface area (Å²) in [5, 5.41) is 6.30. The highest BCUT2D eigenvalue weighted by Gasteiger charge is 2.28. The summed E-state index contributed by atoms with van der Waals surface area (Å²) >= 11 is 6.02. The van der Waals surface area contributed by atoms with Gasteiger partial charge in [-0.25, -0.2) is 14.4 Å². The number of hydrogen-bond donors (Lipinski definition) is 3. The lowest BCUT2D eigenvalue weighted by atomic mass is 10.2. The summed E-state index contributed by atoms with van der Waals surface area (Å²) in [5.74, 6) is -0.547. The number of primary amides is 1. The lowest BCUT2D eigenvalue weighted by Gasteiger charge is -2.21. The molecule has 2 aromatic heterocycles. The zero-order valence-electron chi connectivity index (χ0n) is 20.2. The van der Waals surface area contributed by atoms with E-state index in [1.165, 1.54) is 43.9 Å². The Morgan fingerprint density at radius 3 is 2.92 bits per heavy atom. The second-order valence-electron chi connectivity index (χ2n) is 8.49. The Kier molecular flexibility index (Phi) is 8.47. The maximum absolute atomic E-state index is 14.4. The molecule has 3 heterocycles. The van der Waals surface area contributed by atoms with E-state index in [1.807, 2.05) is 4.90 Å². The summed E-state index contributed by atoms with van der Waals surface area (Å²) < 4.78 is 19.8. The molecule has 0 spiro atoms. The molecule has 0 radical (unpaired) electrons. The number of halogens is 2. The molecule has 0 saturated carbocycles. The van der Waals surface area contributed by atoms with Gasteiger partial charge in [0.25, 0.3) is 5.91 Å². The lowest BCUT2D eigenvalue weighted by molar-refractivity contribution is -0.122. The quantitative estimate of drug-likeness (QED) is 0.342. The molecule has 37 heavy (non-hydrogen) atoms. The predicted molar refractivity (Wildman–Crippen MR) is 137 cm³/mol. The first-order valence-corrected chi connectivity index (χ1v) is 12.1. The van der Waals surface area contributed by atoms with Crippen LogP contribution in [0, 0.1) is 5.82 Å². The number of amides is 2. The van der Waals surface area contributed by atoms with Crippen molar-refractivity contribution in [3.63, 3.8) is 0 Å². The Morgan fingerprint density at radius 2 is 2.14 bits per heavy atom. The minimum atomic E-state index is -0.527. The monoisotopic (exact) mass is 527 g/mol. The Morgan fingerprint density at radius 1 is 1.30 bits per heavy atom. The van der Waals surface area contributed by atoms with Crippen LogP contribution in [0.1, 0.15) is 29.6 Å². The van der Waals surface area contributed by atoms with Gasteiger partial charge in [-0.2, -0.15) is 0 Å². The highest BCUT2D eigenvalue weighted by Crippen LogP contribution is 2.30. The third-order valence-corrected chi connectivity index (χ3v) is 6.30. The van der Waals surface area contributed by atoms with Gasteiger partial charge in [-0.15, -0.1) is 0 Å². The highest BCUT2D eigenvalue weighted by molar-refractivity contribution is 6.30. The lowest BCUT2D eigenvalue weighted by Crippen LogP contribution is -2.41. The van der Waals surface area contributed by atoms with Gasteiger partial charge in [0, 0.05) is 30.5 Å². The number of nitrogens with two attached hydrogens (primary N) is 1. The van der Waals surface area contributed by atoms with Crippen molar-refractivity contribution in [1.82, 2.24) is 25.2 Å². The average Bonchev–Trinajstić information content (AvgIpc) is 3.37. The number of nitrogens with zero attached hydrogens (tertiary/aromatic N) is 4. The van der Waals surface area contributed by atoms with E-state index >= 15 is 0 Å². The van der Waals surface area contributed by atoms with Gasteiger partial charge >= 0.3 is 0 Å². The molecule has 4 rings (SSSR count). The zero-order chi connectivity index (χ0) is 26.4. The molecule has 1 aliphatic rings. The molecule has 1 unspecified atom stereocenters. The van der Waals surface area contributed by atoms with E-state index in [-0.39, 0.29) is 40.6 Å². The fraction of sp³-hybridized carbons (Fsp3) is 0.320. The molecule has 1 fully saturated rings. The van der Waals surface area contributed by atoms with E-state index in [2.05, 4.69) is 25.6 Å².